The van der Waals surface area contributed by atoms with Gasteiger partial charge in [-0.05, 0) is 37.1 Å². The zero-order valence-corrected chi connectivity index (χ0v) is 14.4. The van der Waals surface area contributed by atoms with Gasteiger partial charge in [0.15, 0.2) is 5.13 Å². The maximum absolute atomic E-state index is 12.2. The van der Waals surface area contributed by atoms with E-state index < -0.39 is 0 Å². The highest BCUT2D eigenvalue weighted by Gasteiger charge is 2.29. The fourth-order valence-electron chi connectivity index (χ4n) is 2.13. The summed E-state index contributed by atoms with van der Waals surface area (Å²) in [6, 6.07) is 6.67. The number of methoxy groups -OCH3 is 1. The number of carbonyl (C=O) groups is 3. The molecule has 1 aliphatic carbocycles. The molecular formula is C17H17N3O4S. The molecule has 0 bridgehead atoms. The third-order valence-electron chi connectivity index (χ3n) is 3.69. The van der Waals surface area contributed by atoms with Crippen LogP contribution in [0, 0.1) is 5.92 Å². The van der Waals surface area contributed by atoms with Crippen molar-refractivity contribution in [2.75, 3.05) is 17.7 Å². The molecule has 2 aromatic rings. The van der Waals surface area contributed by atoms with Crippen molar-refractivity contribution in [3.63, 3.8) is 0 Å². The number of hydrogen-bond acceptors (Lipinski definition) is 6. The van der Waals surface area contributed by atoms with Crippen molar-refractivity contribution in [1.82, 2.24) is 4.98 Å². The van der Waals surface area contributed by atoms with Crippen LogP contribution in [-0.4, -0.2) is 29.9 Å². The zero-order chi connectivity index (χ0) is 17.8. The highest BCUT2D eigenvalue weighted by molar-refractivity contribution is 7.14. The van der Waals surface area contributed by atoms with E-state index in [0.29, 0.717) is 22.1 Å². The summed E-state index contributed by atoms with van der Waals surface area (Å²) in [6.45, 7) is 0. The minimum absolute atomic E-state index is 0.0260. The molecule has 1 aliphatic rings. The van der Waals surface area contributed by atoms with Crippen molar-refractivity contribution < 1.29 is 19.1 Å². The van der Waals surface area contributed by atoms with Crippen LogP contribution in [0.15, 0.2) is 29.6 Å². The Hall–Kier alpha value is -2.74. The van der Waals surface area contributed by atoms with Gasteiger partial charge in [-0.2, -0.15) is 0 Å². The minimum Gasteiger partial charge on any atom is -0.469 e. The molecule has 0 unspecified atom stereocenters. The second-order valence-electron chi connectivity index (χ2n) is 5.69. The molecular weight excluding hydrogens is 342 g/mol. The van der Waals surface area contributed by atoms with Crippen LogP contribution in [-0.2, 0) is 20.7 Å². The second-order valence-corrected chi connectivity index (χ2v) is 6.55. The Morgan fingerprint density at radius 1 is 1.20 bits per heavy atom. The number of nitrogens with one attached hydrogen (secondary N) is 2. The summed E-state index contributed by atoms with van der Waals surface area (Å²) in [4.78, 5) is 39.3. The summed E-state index contributed by atoms with van der Waals surface area (Å²) >= 11 is 1.24. The molecule has 0 atom stereocenters. The standard InChI is InChI=1S/C17H17N3O4S/c1-24-14(21)8-13-9-25-17(19-13)20-16(23)11-4-6-12(7-5-11)18-15(22)10-2-3-10/h4-7,9-10H,2-3,8H2,1H3,(H,18,22)(H,19,20,23). The van der Waals surface area contributed by atoms with E-state index in [1.807, 2.05) is 0 Å². The van der Waals surface area contributed by atoms with Crippen molar-refractivity contribution in [2.24, 2.45) is 5.92 Å². The molecule has 0 spiro atoms. The van der Waals surface area contributed by atoms with E-state index in [4.69, 9.17) is 0 Å². The van der Waals surface area contributed by atoms with Gasteiger partial charge in [0.25, 0.3) is 5.91 Å². The van der Waals surface area contributed by atoms with E-state index in [0.717, 1.165) is 12.8 Å². The topological polar surface area (TPSA) is 97.4 Å². The molecule has 0 radical (unpaired) electrons. The molecule has 1 aromatic heterocycles. The van der Waals surface area contributed by atoms with Crippen molar-refractivity contribution in [3.8, 4) is 0 Å². The first kappa shape index (κ1) is 17.1. The fourth-order valence-corrected chi connectivity index (χ4v) is 2.83. The summed E-state index contributed by atoms with van der Waals surface area (Å²) < 4.78 is 4.58. The lowest BCUT2D eigenvalue weighted by Crippen LogP contribution is -2.14. The number of aromatic nitrogens is 1. The van der Waals surface area contributed by atoms with Crippen molar-refractivity contribution in [2.45, 2.75) is 19.3 Å². The molecule has 1 fully saturated rings. The second kappa shape index (κ2) is 7.43. The van der Waals surface area contributed by atoms with Gasteiger partial charge in [0.1, 0.15) is 0 Å². The molecule has 1 heterocycles. The Morgan fingerprint density at radius 2 is 1.92 bits per heavy atom. The van der Waals surface area contributed by atoms with E-state index in [9.17, 15) is 14.4 Å². The van der Waals surface area contributed by atoms with Crippen LogP contribution in [0.1, 0.15) is 28.9 Å². The van der Waals surface area contributed by atoms with Gasteiger partial charge in [0.05, 0.1) is 19.2 Å². The van der Waals surface area contributed by atoms with E-state index in [-0.39, 0.29) is 30.1 Å². The Kier molecular flexibility index (Phi) is 5.08. The van der Waals surface area contributed by atoms with Gasteiger partial charge in [0, 0.05) is 22.5 Å². The molecule has 2 amide bonds. The summed E-state index contributed by atoms with van der Waals surface area (Å²) in [5, 5.41) is 7.62. The minimum atomic E-state index is -0.382. The number of thiazole rings is 1. The molecule has 8 heteroatoms. The van der Waals surface area contributed by atoms with Crippen molar-refractivity contribution in [3.05, 3.63) is 40.9 Å². The van der Waals surface area contributed by atoms with E-state index in [2.05, 4.69) is 20.4 Å². The first-order chi connectivity index (χ1) is 12.0. The first-order valence-electron chi connectivity index (χ1n) is 7.78. The Bertz CT molecular complexity index is 796. The monoisotopic (exact) mass is 359 g/mol. The molecule has 130 valence electrons. The lowest BCUT2D eigenvalue weighted by Gasteiger charge is -2.06. The average molecular weight is 359 g/mol. The van der Waals surface area contributed by atoms with Crippen LogP contribution < -0.4 is 10.6 Å². The molecule has 1 aromatic carbocycles. The largest absolute Gasteiger partial charge is 0.469 e. The first-order valence-corrected chi connectivity index (χ1v) is 8.66. The molecule has 3 rings (SSSR count). The van der Waals surface area contributed by atoms with Gasteiger partial charge < -0.3 is 10.1 Å². The SMILES string of the molecule is COC(=O)Cc1csc(NC(=O)c2ccc(NC(=O)C3CC3)cc2)n1. The van der Waals surface area contributed by atoms with E-state index >= 15 is 0 Å². The lowest BCUT2D eigenvalue weighted by atomic mass is 10.2. The summed E-state index contributed by atoms with van der Waals surface area (Å²) in [5.74, 6) is -0.531. The molecule has 0 saturated heterocycles. The number of esters is 1. The quantitative estimate of drug-likeness (QED) is 0.772. The predicted octanol–water partition coefficient (Wildman–Crippen LogP) is 2.46. The van der Waals surface area contributed by atoms with E-state index in [1.165, 1.54) is 18.4 Å². The molecule has 25 heavy (non-hydrogen) atoms. The maximum atomic E-state index is 12.2. The van der Waals surface area contributed by atoms with Crippen LogP contribution in [0.25, 0.3) is 0 Å². The lowest BCUT2D eigenvalue weighted by molar-refractivity contribution is -0.139. The number of ether oxygens (including phenoxy) is 1. The normalized spacial score (nSPS) is 13.2. The summed E-state index contributed by atoms with van der Waals surface area (Å²) in [7, 11) is 1.31. The number of carbonyl (C=O) groups excluding carboxylic acids is 3. The Morgan fingerprint density at radius 3 is 2.56 bits per heavy atom. The third-order valence-corrected chi connectivity index (χ3v) is 4.49. The van der Waals surface area contributed by atoms with Gasteiger partial charge in [0.2, 0.25) is 5.91 Å². The number of nitrogens with zero attached hydrogens (tertiary/aromatic N) is 1. The maximum Gasteiger partial charge on any atom is 0.311 e. The van der Waals surface area contributed by atoms with Gasteiger partial charge in [-0.15, -0.1) is 11.3 Å². The fraction of sp³-hybridized carbons (Fsp3) is 0.294. The van der Waals surface area contributed by atoms with Crippen LogP contribution in [0.2, 0.25) is 0 Å². The number of anilines is 2. The third kappa shape index (κ3) is 4.63. The zero-order valence-electron chi connectivity index (χ0n) is 13.6. The van der Waals surface area contributed by atoms with Crippen molar-refractivity contribution in [1.29, 1.82) is 0 Å². The molecule has 7 nitrogen and oxygen atoms in total. The summed E-state index contributed by atoms with van der Waals surface area (Å²) in [5.41, 5.74) is 1.67. The molecule has 2 N–H and O–H groups in total. The number of amides is 2. The summed E-state index contributed by atoms with van der Waals surface area (Å²) in [6.07, 6.45) is 1.95. The molecule has 0 aliphatic heterocycles. The van der Waals surface area contributed by atoms with Crippen LogP contribution in [0.3, 0.4) is 0 Å². The van der Waals surface area contributed by atoms with E-state index in [1.54, 1.807) is 29.6 Å². The Balaban J connectivity index is 1.57. The number of benzene rings is 1. The van der Waals surface area contributed by atoms with Gasteiger partial charge in [-0.25, -0.2) is 4.98 Å². The average Bonchev–Trinajstić information content (AvgIpc) is 3.37. The highest BCUT2D eigenvalue weighted by Crippen LogP contribution is 2.30. The van der Waals surface area contributed by atoms with Gasteiger partial charge >= 0.3 is 5.97 Å². The van der Waals surface area contributed by atoms with Crippen LogP contribution in [0.4, 0.5) is 10.8 Å². The smallest absolute Gasteiger partial charge is 0.311 e. The Labute approximate surface area is 148 Å². The number of hydrogen-bond donors (Lipinski definition) is 2. The van der Waals surface area contributed by atoms with Crippen LogP contribution in [0.5, 0.6) is 0 Å². The van der Waals surface area contributed by atoms with Crippen LogP contribution >= 0.6 is 11.3 Å². The predicted molar refractivity (Wildman–Crippen MR) is 93.6 cm³/mol. The number of rotatable bonds is 6. The molecule has 1 saturated carbocycles. The highest BCUT2D eigenvalue weighted by atomic mass is 32.1. The van der Waals surface area contributed by atoms with Crippen molar-refractivity contribution >= 4 is 39.9 Å². The van der Waals surface area contributed by atoms with Gasteiger partial charge in [-0.3, -0.25) is 19.7 Å². The van der Waals surface area contributed by atoms with Gasteiger partial charge in [-0.1, -0.05) is 0 Å².